The Hall–Kier alpha value is -0.940. The van der Waals surface area contributed by atoms with Crippen LogP contribution in [0.25, 0.3) is 0 Å². The average molecular weight is 239 g/mol. The monoisotopic (exact) mass is 239 g/mol. The molecule has 0 radical (unpaired) electrons. The molecule has 0 aliphatic carbocycles. The number of hydrogen-bond acceptors (Lipinski definition) is 4. The fraction of sp³-hybridized carbons (Fsp3) is 0.636. The molecule has 1 aromatic heterocycles. The maximum atomic E-state index is 12.3. The third kappa shape index (κ3) is 2.10. The number of hydrogen-bond donors (Lipinski definition) is 1. The van der Waals surface area contributed by atoms with E-state index >= 15 is 0 Å². The van der Waals surface area contributed by atoms with Crippen LogP contribution < -0.4 is 5.32 Å². The molecule has 0 bridgehead atoms. The maximum absolute atomic E-state index is 12.3. The summed E-state index contributed by atoms with van der Waals surface area (Å²) < 4.78 is 0. The molecule has 16 heavy (non-hydrogen) atoms. The Morgan fingerprint density at radius 2 is 2.38 bits per heavy atom. The predicted molar refractivity (Wildman–Crippen MR) is 64.8 cm³/mol. The topological polar surface area (TPSA) is 45.2 Å². The molecule has 2 heterocycles. The van der Waals surface area contributed by atoms with Gasteiger partial charge in [-0.2, -0.15) is 0 Å². The summed E-state index contributed by atoms with van der Waals surface area (Å²) >= 11 is 1.43. The minimum atomic E-state index is 0.126. The molecule has 2 rings (SSSR count). The first kappa shape index (κ1) is 11.5. The van der Waals surface area contributed by atoms with E-state index in [0.29, 0.717) is 6.04 Å². The molecular weight excluding hydrogens is 222 g/mol. The zero-order valence-electron chi connectivity index (χ0n) is 9.86. The van der Waals surface area contributed by atoms with Crippen molar-refractivity contribution in [2.24, 2.45) is 0 Å². The van der Waals surface area contributed by atoms with Crippen molar-refractivity contribution in [1.29, 1.82) is 0 Å². The lowest BCUT2D eigenvalue weighted by molar-refractivity contribution is 0.0620. The SMILES string of the molecule is Cc1ncsc1C(=O)N1CC(C)NCC1C. The first-order valence-corrected chi connectivity index (χ1v) is 6.42. The minimum Gasteiger partial charge on any atom is -0.332 e. The third-order valence-corrected chi connectivity index (χ3v) is 3.88. The molecule has 0 aromatic carbocycles. The Labute approximate surface area is 99.7 Å². The highest BCUT2D eigenvalue weighted by molar-refractivity contribution is 7.11. The summed E-state index contributed by atoms with van der Waals surface area (Å²) in [5.74, 6) is 0.126. The maximum Gasteiger partial charge on any atom is 0.266 e. The van der Waals surface area contributed by atoms with E-state index in [-0.39, 0.29) is 11.9 Å². The lowest BCUT2D eigenvalue weighted by Crippen LogP contribution is -2.56. The summed E-state index contributed by atoms with van der Waals surface area (Å²) in [6, 6.07) is 0.624. The van der Waals surface area contributed by atoms with E-state index in [2.05, 4.69) is 24.1 Å². The van der Waals surface area contributed by atoms with Gasteiger partial charge in [-0.15, -0.1) is 11.3 Å². The number of carbonyl (C=O) groups excluding carboxylic acids is 1. The summed E-state index contributed by atoms with van der Waals surface area (Å²) in [5.41, 5.74) is 2.58. The molecule has 1 fully saturated rings. The smallest absolute Gasteiger partial charge is 0.266 e. The van der Waals surface area contributed by atoms with Crippen LogP contribution in [0.5, 0.6) is 0 Å². The summed E-state index contributed by atoms with van der Waals surface area (Å²) in [4.78, 5) is 19.2. The van der Waals surface area contributed by atoms with E-state index in [1.807, 2.05) is 11.8 Å². The number of rotatable bonds is 1. The zero-order chi connectivity index (χ0) is 11.7. The van der Waals surface area contributed by atoms with Crippen molar-refractivity contribution in [1.82, 2.24) is 15.2 Å². The van der Waals surface area contributed by atoms with Crippen molar-refractivity contribution in [2.75, 3.05) is 13.1 Å². The number of aryl methyl sites for hydroxylation is 1. The van der Waals surface area contributed by atoms with Crippen LogP contribution >= 0.6 is 11.3 Å². The van der Waals surface area contributed by atoms with E-state index in [9.17, 15) is 4.79 Å². The molecule has 5 heteroatoms. The highest BCUT2D eigenvalue weighted by atomic mass is 32.1. The molecule has 1 saturated heterocycles. The first-order valence-electron chi connectivity index (χ1n) is 5.54. The molecule has 1 aromatic rings. The van der Waals surface area contributed by atoms with E-state index in [4.69, 9.17) is 0 Å². The molecule has 2 atom stereocenters. The van der Waals surface area contributed by atoms with E-state index in [1.165, 1.54) is 11.3 Å². The molecule has 0 spiro atoms. The average Bonchev–Trinajstić information content (AvgIpc) is 2.67. The van der Waals surface area contributed by atoms with Crippen molar-refractivity contribution in [3.8, 4) is 0 Å². The number of thiazole rings is 1. The van der Waals surface area contributed by atoms with Gasteiger partial charge in [-0.3, -0.25) is 4.79 Å². The highest BCUT2D eigenvalue weighted by Crippen LogP contribution is 2.18. The lowest BCUT2D eigenvalue weighted by Gasteiger charge is -2.37. The zero-order valence-corrected chi connectivity index (χ0v) is 10.7. The molecule has 1 aliphatic rings. The van der Waals surface area contributed by atoms with Gasteiger partial charge in [-0.1, -0.05) is 0 Å². The summed E-state index contributed by atoms with van der Waals surface area (Å²) in [6.07, 6.45) is 0. The van der Waals surface area contributed by atoms with Gasteiger partial charge in [-0.25, -0.2) is 4.98 Å². The summed E-state index contributed by atoms with van der Waals surface area (Å²) in [5, 5.41) is 3.37. The number of piperazine rings is 1. The standard InChI is InChI=1S/C11H17N3OS/c1-7-5-14(8(2)4-12-7)11(15)10-9(3)13-6-16-10/h6-8,12H,4-5H2,1-3H3. The van der Waals surface area contributed by atoms with Crippen LogP contribution in [-0.2, 0) is 0 Å². The Morgan fingerprint density at radius 1 is 1.62 bits per heavy atom. The molecule has 88 valence electrons. The Morgan fingerprint density at radius 3 is 3.00 bits per heavy atom. The van der Waals surface area contributed by atoms with E-state index in [0.717, 1.165) is 23.7 Å². The van der Waals surface area contributed by atoms with Crippen molar-refractivity contribution < 1.29 is 4.79 Å². The van der Waals surface area contributed by atoms with Crippen LogP contribution in [0.1, 0.15) is 29.2 Å². The minimum absolute atomic E-state index is 0.126. The van der Waals surface area contributed by atoms with Crippen LogP contribution in [0.2, 0.25) is 0 Å². The highest BCUT2D eigenvalue weighted by Gasteiger charge is 2.28. The molecule has 1 aliphatic heterocycles. The number of carbonyl (C=O) groups is 1. The van der Waals surface area contributed by atoms with Gasteiger partial charge in [0, 0.05) is 25.2 Å². The third-order valence-electron chi connectivity index (χ3n) is 2.96. The van der Waals surface area contributed by atoms with Gasteiger partial charge in [0.1, 0.15) is 4.88 Å². The van der Waals surface area contributed by atoms with E-state index < -0.39 is 0 Å². The molecule has 1 amide bonds. The fourth-order valence-electron chi connectivity index (χ4n) is 1.94. The number of aromatic nitrogens is 1. The molecule has 1 N–H and O–H groups in total. The van der Waals surface area contributed by atoms with Gasteiger partial charge < -0.3 is 10.2 Å². The second kappa shape index (κ2) is 4.51. The second-order valence-corrected chi connectivity index (χ2v) is 5.24. The van der Waals surface area contributed by atoms with Crippen molar-refractivity contribution in [3.63, 3.8) is 0 Å². The van der Waals surface area contributed by atoms with Gasteiger partial charge in [0.25, 0.3) is 5.91 Å². The van der Waals surface area contributed by atoms with Crippen LogP contribution in [0.15, 0.2) is 5.51 Å². The predicted octanol–water partition coefficient (Wildman–Crippen LogP) is 1.27. The van der Waals surface area contributed by atoms with Gasteiger partial charge in [0.2, 0.25) is 0 Å². The molecular formula is C11H17N3OS. The summed E-state index contributed by atoms with van der Waals surface area (Å²) in [7, 11) is 0. The van der Waals surface area contributed by atoms with Gasteiger partial charge in [-0.05, 0) is 20.8 Å². The van der Waals surface area contributed by atoms with Crippen LogP contribution in [-0.4, -0.2) is 41.0 Å². The lowest BCUT2D eigenvalue weighted by atomic mass is 10.1. The van der Waals surface area contributed by atoms with Crippen LogP contribution in [0.3, 0.4) is 0 Å². The molecule has 0 saturated carbocycles. The number of nitrogens with zero attached hydrogens (tertiary/aromatic N) is 2. The largest absolute Gasteiger partial charge is 0.332 e. The van der Waals surface area contributed by atoms with Crippen LogP contribution in [0, 0.1) is 6.92 Å². The number of nitrogens with one attached hydrogen (secondary N) is 1. The van der Waals surface area contributed by atoms with Crippen molar-refractivity contribution >= 4 is 17.2 Å². The quantitative estimate of drug-likeness (QED) is 0.803. The van der Waals surface area contributed by atoms with Gasteiger partial charge in [0.05, 0.1) is 11.2 Å². The Balaban J connectivity index is 2.18. The van der Waals surface area contributed by atoms with Gasteiger partial charge in [0.15, 0.2) is 0 Å². The Kier molecular flexibility index (Phi) is 3.25. The second-order valence-electron chi connectivity index (χ2n) is 4.38. The molecule has 4 nitrogen and oxygen atoms in total. The molecule has 2 unspecified atom stereocenters. The van der Waals surface area contributed by atoms with Crippen molar-refractivity contribution in [3.05, 3.63) is 16.1 Å². The summed E-state index contributed by atoms with van der Waals surface area (Å²) in [6.45, 7) is 7.71. The fourth-order valence-corrected chi connectivity index (χ4v) is 2.70. The van der Waals surface area contributed by atoms with Crippen molar-refractivity contribution in [2.45, 2.75) is 32.9 Å². The van der Waals surface area contributed by atoms with Gasteiger partial charge >= 0.3 is 0 Å². The Bertz CT molecular complexity index is 390. The number of amides is 1. The van der Waals surface area contributed by atoms with E-state index in [1.54, 1.807) is 5.51 Å². The first-order chi connectivity index (χ1) is 7.59. The normalized spacial score (nSPS) is 25.8. The van der Waals surface area contributed by atoms with Crippen LogP contribution in [0.4, 0.5) is 0 Å².